The third kappa shape index (κ3) is 1.09. The monoisotopic (exact) mass is 154 g/mol. The molecule has 2 nitrogen and oxygen atoms in total. The lowest BCUT2D eigenvalue weighted by Crippen LogP contribution is -2.44. The van der Waals surface area contributed by atoms with E-state index in [-0.39, 0.29) is 0 Å². The summed E-state index contributed by atoms with van der Waals surface area (Å²) in [6.07, 6.45) is 2.60. The third-order valence-corrected chi connectivity index (χ3v) is 3.30. The van der Waals surface area contributed by atoms with E-state index in [0.29, 0.717) is 6.04 Å². The maximum atomic E-state index is 5.96. The third-order valence-electron chi connectivity index (χ3n) is 3.30. The number of nitrogens with zero attached hydrogens (tertiary/aromatic N) is 1. The van der Waals surface area contributed by atoms with Gasteiger partial charge < -0.3 is 5.73 Å². The Labute approximate surface area is 68.7 Å². The smallest absolute Gasteiger partial charge is 0.0117 e. The zero-order valence-electron chi connectivity index (χ0n) is 7.46. The van der Waals surface area contributed by atoms with Crippen LogP contribution in [0.15, 0.2) is 0 Å². The fraction of sp³-hybridized carbons (Fsp3) is 1.00. The Morgan fingerprint density at radius 1 is 1.36 bits per heavy atom. The summed E-state index contributed by atoms with van der Waals surface area (Å²) in [5.74, 6) is 0.808. The lowest BCUT2D eigenvalue weighted by atomic mass is 10.0. The Morgan fingerprint density at radius 3 is 2.45 bits per heavy atom. The Morgan fingerprint density at radius 2 is 2.09 bits per heavy atom. The Hall–Kier alpha value is -0.0800. The van der Waals surface area contributed by atoms with Crippen LogP contribution < -0.4 is 5.73 Å². The lowest BCUT2D eigenvalue weighted by Gasteiger charge is -2.32. The van der Waals surface area contributed by atoms with E-state index in [1.54, 1.807) is 0 Å². The maximum Gasteiger partial charge on any atom is 0.0117 e. The standard InChI is InChI=1S/C9H18N2/c1-6(2)11-5-7-3-8(11)4-9(7)10/h6-9H,3-5,10H2,1-2H3/t7-,8-,9-/m1/s1. The first-order valence-electron chi connectivity index (χ1n) is 4.70. The second kappa shape index (κ2) is 2.46. The van der Waals surface area contributed by atoms with Crippen LogP contribution in [0.1, 0.15) is 26.7 Å². The van der Waals surface area contributed by atoms with E-state index in [1.807, 2.05) is 0 Å². The molecule has 0 spiro atoms. The topological polar surface area (TPSA) is 29.3 Å². The van der Waals surface area contributed by atoms with Crippen LogP contribution in [-0.4, -0.2) is 29.6 Å². The van der Waals surface area contributed by atoms with Crippen LogP contribution in [0.3, 0.4) is 0 Å². The number of hydrogen-bond donors (Lipinski definition) is 1. The van der Waals surface area contributed by atoms with Crippen molar-refractivity contribution >= 4 is 0 Å². The van der Waals surface area contributed by atoms with Crippen molar-refractivity contribution in [1.29, 1.82) is 0 Å². The maximum absolute atomic E-state index is 5.96. The molecule has 64 valence electrons. The molecule has 2 fully saturated rings. The molecule has 2 aliphatic rings. The Balaban J connectivity index is 2.02. The molecule has 2 heteroatoms. The van der Waals surface area contributed by atoms with Crippen LogP contribution in [0.2, 0.25) is 0 Å². The second-order valence-corrected chi connectivity index (χ2v) is 4.34. The fourth-order valence-electron chi connectivity index (χ4n) is 2.66. The second-order valence-electron chi connectivity index (χ2n) is 4.34. The van der Waals surface area contributed by atoms with E-state index in [1.165, 1.54) is 19.4 Å². The predicted octanol–water partition coefficient (Wildman–Crippen LogP) is 0.816. The zero-order valence-corrected chi connectivity index (χ0v) is 7.46. The van der Waals surface area contributed by atoms with E-state index in [4.69, 9.17) is 5.73 Å². The molecule has 3 atom stereocenters. The van der Waals surface area contributed by atoms with Gasteiger partial charge in [0.25, 0.3) is 0 Å². The number of hydrogen-bond acceptors (Lipinski definition) is 2. The van der Waals surface area contributed by atoms with Gasteiger partial charge in [-0.15, -0.1) is 0 Å². The molecule has 2 N–H and O–H groups in total. The largest absolute Gasteiger partial charge is 0.327 e. The molecule has 1 saturated heterocycles. The Kier molecular flexibility index (Phi) is 1.69. The average molecular weight is 154 g/mol. The summed E-state index contributed by atoms with van der Waals surface area (Å²) < 4.78 is 0. The predicted molar refractivity (Wildman–Crippen MR) is 46.3 cm³/mol. The van der Waals surface area contributed by atoms with Gasteiger partial charge in [0.05, 0.1) is 0 Å². The van der Waals surface area contributed by atoms with Gasteiger partial charge in [-0.05, 0) is 32.6 Å². The van der Waals surface area contributed by atoms with Crippen molar-refractivity contribution in [3.05, 3.63) is 0 Å². The van der Waals surface area contributed by atoms with Crippen LogP contribution >= 0.6 is 0 Å². The number of fused-ring (bicyclic) bond motifs is 2. The molecule has 0 amide bonds. The molecule has 1 saturated carbocycles. The summed E-state index contributed by atoms with van der Waals surface area (Å²) in [7, 11) is 0. The molecule has 0 unspecified atom stereocenters. The summed E-state index contributed by atoms with van der Waals surface area (Å²) in [4.78, 5) is 2.61. The van der Waals surface area contributed by atoms with Gasteiger partial charge in [-0.25, -0.2) is 0 Å². The van der Waals surface area contributed by atoms with Crippen molar-refractivity contribution in [3.8, 4) is 0 Å². The van der Waals surface area contributed by atoms with Crippen molar-refractivity contribution in [2.75, 3.05) is 6.54 Å². The van der Waals surface area contributed by atoms with E-state index in [2.05, 4.69) is 18.7 Å². The Bertz CT molecular complexity index is 154. The molecule has 2 rings (SSSR count). The SMILES string of the molecule is CC(C)N1C[C@H]2C[C@@H]1C[C@H]2N. The van der Waals surface area contributed by atoms with Crippen LogP contribution in [0.25, 0.3) is 0 Å². The molecule has 0 aromatic heterocycles. The van der Waals surface area contributed by atoms with Gasteiger partial charge in [0, 0.05) is 24.7 Å². The summed E-state index contributed by atoms with van der Waals surface area (Å²) in [5, 5.41) is 0. The lowest BCUT2D eigenvalue weighted by molar-refractivity contribution is 0.160. The van der Waals surface area contributed by atoms with E-state index in [0.717, 1.165) is 18.0 Å². The van der Waals surface area contributed by atoms with Gasteiger partial charge in [0.2, 0.25) is 0 Å². The van der Waals surface area contributed by atoms with Gasteiger partial charge in [-0.1, -0.05) is 0 Å². The van der Waals surface area contributed by atoms with Crippen molar-refractivity contribution < 1.29 is 0 Å². The molecule has 0 aromatic rings. The molecule has 0 aromatic carbocycles. The summed E-state index contributed by atoms with van der Waals surface area (Å²) >= 11 is 0. The van der Waals surface area contributed by atoms with Gasteiger partial charge in [0.15, 0.2) is 0 Å². The number of piperidine rings is 1. The quantitative estimate of drug-likeness (QED) is 0.606. The zero-order chi connectivity index (χ0) is 8.01. The highest BCUT2D eigenvalue weighted by molar-refractivity contribution is 5.00. The first kappa shape index (κ1) is 7.56. The fourth-order valence-corrected chi connectivity index (χ4v) is 2.66. The average Bonchev–Trinajstić information content (AvgIpc) is 2.43. The van der Waals surface area contributed by atoms with Crippen LogP contribution in [0.4, 0.5) is 0 Å². The van der Waals surface area contributed by atoms with Gasteiger partial charge in [-0.3, -0.25) is 4.90 Å². The number of nitrogens with two attached hydrogens (primary N) is 1. The van der Waals surface area contributed by atoms with Crippen LogP contribution in [-0.2, 0) is 0 Å². The number of likely N-dealkylation sites (tertiary alicyclic amines) is 1. The molecule has 1 aliphatic heterocycles. The van der Waals surface area contributed by atoms with E-state index in [9.17, 15) is 0 Å². The normalized spacial score (nSPS) is 44.2. The molecule has 1 heterocycles. The molecule has 1 aliphatic carbocycles. The van der Waals surface area contributed by atoms with Gasteiger partial charge in [-0.2, -0.15) is 0 Å². The van der Waals surface area contributed by atoms with Crippen LogP contribution in [0.5, 0.6) is 0 Å². The summed E-state index contributed by atoms with van der Waals surface area (Å²) in [5.41, 5.74) is 5.96. The van der Waals surface area contributed by atoms with Crippen molar-refractivity contribution in [3.63, 3.8) is 0 Å². The number of rotatable bonds is 1. The molecule has 2 bridgehead atoms. The van der Waals surface area contributed by atoms with E-state index >= 15 is 0 Å². The van der Waals surface area contributed by atoms with Crippen molar-refractivity contribution in [1.82, 2.24) is 4.90 Å². The molecular weight excluding hydrogens is 136 g/mol. The summed E-state index contributed by atoms with van der Waals surface area (Å²) in [6.45, 7) is 5.82. The molecule has 11 heavy (non-hydrogen) atoms. The minimum Gasteiger partial charge on any atom is -0.327 e. The molecular formula is C9H18N2. The van der Waals surface area contributed by atoms with E-state index < -0.39 is 0 Å². The van der Waals surface area contributed by atoms with Crippen molar-refractivity contribution in [2.24, 2.45) is 11.7 Å². The summed E-state index contributed by atoms with van der Waals surface area (Å²) in [6, 6.07) is 2.04. The molecule has 0 radical (unpaired) electrons. The first-order chi connectivity index (χ1) is 5.18. The first-order valence-corrected chi connectivity index (χ1v) is 4.70. The highest BCUT2D eigenvalue weighted by Gasteiger charge is 2.43. The van der Waals surface area contributed by atoms with Crippen LogP contribution in [0, 0.1) is 5.92 Å². The van der Waals surface area contributed by atoms with Crippen molar-refractivity contribution in [2.45, 2.75) is 44.8 Å². The van der Waals surface area contributed by atoms with Gasteiger partial charge in [0.1, 0.15) is 0 Å². The van der Waals surface area contributed by atoms with Gasteiger partial charge >= 0.3 is 0 Å². The minimum absolute atomic E-state index is 0.509. The highest BCUT2D eigenvalue weighted by atomic mass is 15.2. The minimum atomic E-state index is 0.509. The highest BCUT2D eigenvalue weighted by Crippen LogP contribution is 2.37.